The number of oxazole rings is 1. The first-order valence-corrected chi connectivity index (χ1v) is 8.11. The highest BCUT2D eigenvalue weighted by Crippen LogP contribution is 2.20. The van der Waals surface area contributed by atoms with Crippen LogP contribution in [0.25, 0.3) is 22.7 Å². The first-order chi connectivity index (χ1) is 11.8. The maximum Gasteiger partial charge on any atom is 0.218 e. The van der Waals surface area contributed by atoms with E-state index in [9.17, 15) is 0 Å². The highest BCUT2D eigenvalue weighted by atomic mass is 79.9. The molecule has 0 fully saturated rings. The van der Waals surface area contributed by atoms with E-state index in [1.165, 1.54) is 4.80 Å². The van der Waals surface area contributed by atoms with Crippen molar-refractivity contribution in [3.63, 3.8) is 0 Å². The second kappa shape index (κ2) is 6.37. The molecule has 0 saturated carbocycles. The van der Waals surface area contributed by atoms with Gasteiger partial charge in [-0.05, 0) is 29.5 Å². The van der Waals surface area contributed by atoms with Crippen molar-refractivity contribution in [1.29, 1.82) is 0 Å². The van der Waals surface area contributed by atoms with Crippen molar-refractivity contribution in [2.45, 2.75) is 6.54 Å². The lowest BCUT2D eigenvalue weighted by atomic mass is 10.2. The second-order valence-electron chi connectivity index (χ2n) is 5.13. The lowest BCUT2D eigenvalue weighted by Crippen LogP contribution is -2.04. The summed E-state index contributed by atoms with van der Waals surface area (Å²) in [6, 6.07) is 17.6. The van der Waals surface area contributed by atoms with E-state index in [1.807, 2.05) is 54.6 Å². The minimum atomic E-state index is 0.330. The summed E-state index contributed by atoms with van der Waals surface area (Å²) in [6.07, 6.45) is 1.71. The Labute approximate surface area is 146 Å². The van der Waals surface area contributed by atoms with Crippen molar-refractivity contribution in [2.75, 3.05) is 0 Å². The monoisotopic (exact) mass is 381 g/mol. The van der Waals surface area contributed by atoms with Gasteiger partial charge in [-0.2, -0.15) is 4.80 Å². The Morgan fingerprint density at radius 1 is 0.958 bits per heavy atom. The van der Waals surface area contributed by atoms with Crippen LogP contribution in [0.3, 0.4) is 0 Å². The molecule has 2 aromatic carbocycles. The fourth-order valence-corrected chi connectivity index (χ4v) is 2.53. The van der Waals surface area contributed by atoms with Gasteiger partial charge in [0, 0.05) is 15.6 Å². The van der Waals surface area contributed by atoms with Crippen LogP contribution >= 0.6 is 15.9 Å². The molecule has 0 amide bonds. The molecule has 2 aromatic heterocycles. The standard InChI is InChI=1S/C17H12BrN5O/c18-14-8-6-13(7-9-14)17-20-22-23(21-17)11-16-19-10-15(24-16)12-4-2-1-3-5-12/h1-10H,11H2. The van der Waals surface area contributed by atoms with Crippen LogP contribution < -0.4 is 0 Å². The van der Waals surface area contributed by atoms with E-state index < -0.39 is 0 Å². The molecule has 0 aliphatic carbocycles. The molecular formula is C17H12BrN5O. The van der Waals surface area contributed by atoms with Gasteiger partial charge in [-0.15, -0.1) is 10.2 Å². The molecule has 0 atom stereocenters. The zero-order valence-electron chi connectivity index (χ0n) is 12.5. The van der Waals surface area contributed by atoms with Gasteiger partial charge in [0.2, 0.25) is 11.7 Å². The van der Waals surface area contributed by atoms with Crippen LogP contribution in [-0.2, 0) is 6.54 Å². The number of halogens is 1. The molecule has 0 radical (unpaired) electrons. The van der Waals surface area contributed by atoms with Crippen molar-refractivity contribution >= 4 is 15.9 Å². The Morgan fingerprint density at radius 3 is 2.54 bits per heavy atom. The zero-order chi connectivity index (χ0) is 16.4. The third-order valence-corrected chi connectivity index (χ3v) is 3.97. The van der Waals surface area contributed by atoms with Crippen LogP contribution in [-0.4, -0.2) is 25.2 Å². The molecule has 7 heteroatoms. The molecular weight excluding hydrogens is 370 g/mol. The Hall–Kier alpha value is -2.80. The molecule has 6 nitrogen and oxygen atoms in total. The third kappa shape index (κ3) is 3.11. The molecule has 0 bridgehead atoms. The maximum absolute atomic E-state index is 5.76. The highest BCUT2D eigenvalue weighted by Gasteiger charge is 2.10. The molecule has 4 aromatic rings. The number of benzene rings is 2. The van der Waals surface area contributed by atoms with E-state index in [1.54, 1.807) is 6.20 Å². The molecule has 118 valence electrons. The average molecular weight is 382 g/mol. The Bertz CT molecular complexity index is 947. The smallest absolute Gasteiger partial charge is 0.218 e. The van der Waals surface area contributed by atoms with Crippen LogP contribution in [0.15, 0.2) is 69.7 Å². The summed E-state index contributed by atoms with van der Waals surface area (Å²) in [5.41, 5.74) is 1.89. The van der Waals surface area contributed by atoms with E-state index in [4.69, 9.17) is 4.42 Å². The van der Waals surface area contributed by atoms with Gasteiger partial charge in [0.1, 0.15) is 6.54 Å². The van der Waals surface area contributed by atoms with Crippen molar-refractivity contribution in [2.24, 2.45) is 0 Å². The van der Waals surface area contributed by atoms with E-state index in [-0.39, 0.29) is 0 Å². The predicted octanol–water partition coefficient (Wildman–Crippen LogP) is 3.81. The summed E-state index contributed by atoms with van der Waals surface area (Å²) >= 11 is 3.41. The summed E-state index contributed by atoms with van der Waals surface area (Å²) in [6.45, 7) is 0.330. The molecule has 0 N–H and O–H groups in total. The third-order valence-electron chi connectivity index (χ3n) is 3.44. The number of tetrazole rings is 1. The zero-order valence-corrected chi connectivity index (χ0v) is 14.1. The summed E-state index contributed by atoms with van der Waals surface area (Å²) in [5, 5.41) is 12.5. The van der Waals surface area contributed by atoms with Gasteiger partial charge in [-0.3, -0.25) is 0 Å². The van der Waals surface area contributed by atoms with Gasteiger partial charge in [-0.1, -0.05) is 46.3 Å². The van der Waals surface area contributed by atoms with E-state index in [0.29, 0.717) is 18.3 Å². The van der Waals surface area contributed by atoms with Gasteiger partial charge in [-0.25, -0.2) is 4.98 Å². The minimum Gasteiger partial charge on any atom is -0.439 e. The molecule has 0 unspecified atom stereocenters. The van der Waals surface area contributed by atoms with Crippen LogP contribution in [0.1, 0.15) is 5.89 Å². The fourth-order valence-electron chi connectivity index (χ4n) is 2.26. The number of hydrogen-bond donors (Lipinski definition) is 0. The number of rotatable bonds is 4. The largest absolute Gasteiger partial charge is 0.439 e. The number of aromatic nitrogens is 5. The average Bonchev–Trinajstić information content (AvgIpc) is 3.27. The summed E-state index contributed by atoms with van der Waals surface area (Å²) in [7, 11) is 0. The fraction of sp³-hybridized carbons (Fsp3) is 0.0588. The van der Waals surface area contributed by atoms with Crippen LogP contribution in [0.4, 0.5) is 0 Å². The molecule has 24 heavy (non-hydrogen) atoms. The van der Waals surface area contributed by atoms with Gasteiger partial charge in [0.15, 0.2) is 5.76 Å². The van der Waals surface area contributed by atoms with Crippen LogP contribution in [0.2, 0.25) is 0 Å². The first-order valence-electron chi connectivity index (χ1n) is 7.32. The van der Waals surface area contributed by atoms with Crippen molar-refractivity contribution < 1.29 is 4.42 Å². The molecule has 0 spiro atoms. The molecule has 0 aliphatic rings. The second-order valence-corrected chi connectivity index (χ2v) is 6.05. The summed E-state index contributed by atoms with van der Waals surface area (Å²) in [4.78, 5) is 5.75. The Kier molecular flexibility index (Phi) is 3.92. The quantitative estimate of drug-likeness (QED) is 0.537. The molecule has 4 rings (SSSR count). The highest BCUT2D eigenvalue weighted by molar-refractivity contribution is 9.10. The maximum atomic E-state index is 5.76. The Balaban J connectivity index is 1.52. The molecule has 0 saturated heterocycles. The summed E-state index contributed by atoms with van der Waals surface area (Å²) in [5.74, 6) is 1.82. The molecule has 2 heterocycles. The van der Waals surface area contributed by atoms with Crippen molar-refractivity contribution in [1.82, 2.24) is 25.2 Å². The van der Waals surface area contributed by atoms with Gasteiger partial charge in [0.05, 0.1) is 6.20 Å². The van der Waals surface area contributed by atoms with E-state index in [2.05, 4.69) is 36.3 Å². The van der Waals surface area contributed by atoms with Gasteiger partial charge in [0.25, 0.3) is 0 Å². The lowest BCUT2D eigenvalue weighted by Gasteiger charge is -1.96. The number of hydrogen-bond acceptors (Lipinski definition) is 5. The first kappa shape index (κ1) is 14.8. The number of nitrogens with zero attached hydrogens (tertiary/aromatic N) is 5. The lowest BCUT2D eigenvalue weighted by molar-refractivity contribution is 0.447. The SMILES string of the molecule is Brc1ccc(-c2nnn(Cc3ncc(-c4ccccc4)o3)n2)cc1. The van der Waals surface area contributed by atoms with Crippen molar-refractivity contribution in [3.05, 3.63) is 71.2 Å². The predicted molar refractivity (Wildman–Crippen MR) is 92.0 cm³/mol. The van der Waals surface area contributed by atoms with Gasteiger partial charge < -0.3 is 4.42 Å². The van der Waals surface area contributed by atoms with Gasteiger partial charge >= 0.3 is 0 Å². The van der Waals surface area contributed by atoms with Crippen LogP contribution in [0, 0.1) is 0 Å². The Morgan fingerprint density at radius 2 is 1.75 bits per heavy atom. The normalized spacial score (nSPS) is 10.9. The molecule has 0 aliphatic heterocycles. The van der Waals surface area contributed by atoms with Crippen LogP contribution in [0.5, 0.6) is 0 Å². The van der Waals surface area contributed by atoms with E-state index >= 15 is 0 Å². The topological polar surface area (TPSA) is 69.6 Å². The summed E-state index contributed by atoms with van der Waals surface area (Å²) < 4.78 is 6.76. The minimum absolute atomic E-state index is 0.330. The van der Waals surface area contributed by atoms with Crippen molar-refractivity contribution in [3.8, 4) is 22.7 Å². The van der Waals surface area contributed by atoms with E-state index in [0.717, 1.165) is 21.4 Å².